The Morgan fingerprint density at radius 3 is 2.88 bits per heavy atom. The maximum atomic E-state index is 14.8. The lowest BCUT2D eigenvalue weighted by Crippen LogP contribution is -2.42. The average Bonchev–Trinajstić information content (AvgIpc) is 2.94. The number of nitriles is 1. The minimum Gasteiger partial charge on any atom is -0.369 e. The number of nitrogens with two attached hydrogens (primary N) is 1. The molecule has 24 heavy (non-hydrogen) atoms. The quantitative estimate of drug-likeness (QED) is 0.908. The number of carbonyl (C=O) groups excluding carboxylic acids is 1. The standard InChI is InChI=1S/C16H12F2N4OS/c1-22-13(23)5-12(21-16(22)20)15-14(18)10(7-24-15)8-2-3-11(17)9(4-8)6-19/h2-4,7,12H,5H2,1H3,(H2,20,21). The van der Waals surface area contributed by atoms with Gasteiger partial charge in [0.25, 0.3) is 0 Å². The summed E-state index contributed by atoms with van der Waals surface area (Å²) >= 11 is 1.12. The summed E-state index contributed by atoms with van der Waals surface area (Å²) in [5.74, 6) is -1.39. The number of aliphatic imine (C=N–C) groups is 1. The van der Waals surface area contributed by atoms with E-state index in [9.17, 15) is 13.6 Å². The third-order valence-electron chi connectivity index (χ3n) is 3.83. The van der Waals surface area contributed by atoms with Crippen LogP contribution in [0.4, 0.5) is 8.78 Å². The summed E-state index contributed by atoms with van der Waals surface area (Å²) in [5.41, 5.74) is 6.16. The topological polar surface area (TPSA) is 82.5 Å². The number of hydrogen-bond donors (Lipinski definition) is 1. The fourth-order valence-corrected chi connectivity index (χ4v) is 3.42. The van der Waals surface area contributed by atoms with Gasteiger partial charge in [-0.15, -0.1) is 11.3 Å². The van der Waals surface area contributed by atoms with Crippen molar-refractivity contribution in [3.8, 4) is 17.2 Å². The first-order chi connectivity index (χ1) is 11.4. The average molecular weight is 346 g/mol. The van der Waals surface area contributed by atoms with Crippen molar-refractivity contribution in [3.05, 3.63) is 45.7 Å². The van der Waals surface area contributed by atoms with Gasteiger partial charge in [-0.05, 0) is 17.7 Å². The predicted octanol–water partition coefficient (Wildman–Crippen LogP) is 2.78. The van der Waals surface area contributed by atoms with E-state index in [0.717, 1.165) is 17.4 Å². The molecule has 2 N–H and O–H groups in total. The van der Waals surface area contributed by atoms with Gasteiger partial charge in [-0.25, -0.2) is 13.8 Å². The molecule has 1 amide bonds. The Morgan fingerprint density at radius 1 is 1.46 bits per heavy atom. The zero-order chi connectivity index (χ0) is 17.4. The van der Waals surface area contributed by atoms with Gasteiger partial charge in [-0.1, -0.05) is 6.07 Å². The van der Waals surface area contributed by atoms with E-state index in [-0.39, 0.29) is 34.3 Å². The smallest absolute Gasteiger partial charge is 0.231 e. The van der Waals surface area contributed by atoms with Crippen molar-refractivity contribution in [3.63, 3.8) is 0 Å². The zero-order valence-electron chi connectivity index (χ0n) is 12.6. The van der Waals surface area contributed by atoms with E-state index in [1.54, 1.807) is 11.4 Å². The highest BCUT2D eigenvalue weighted by atomic mass is 32.1. The van der Waals surface area contributed by atoms with Gasteiger partial charge < -0.3 is 5.73 Å². The summed E-state index contributed by atoms with van der Waals surface area (Å²) in [6.45, 7) is 0. The van der Waals surface area contributed by atoms with Crippen LogP contribution in [0, 0.1) is 23.0 Å². The molecule has 0 bridgehead atoms. The molecule has 1 aliphatic rings. The molecule has 1 aromatic carbocycles. The first-order valence-corrected chi connectivity index (χ1v) is 7.87. The van der Waals surface area contributed by atoms with Crippen LogP contribution in [0.1, 0.15) is 22.9 Å². The number of rotatable bonds is 2. The Bertz CT molecular complexity index is 900. The maximum absolute atomic E-state index is 14.8. The normalized spacial score (nSPS) is 17.6. The SMILES string of the molecule is CN1C(=O)CC(c2scc(-c3ccc(F)c(C#N)c3)c2F)N=C1N. The highest BCUT2D eigenvalue weighted by molar-refractivity contribution is 7.10. The van der Waals surface area contributed by atoms with Gasteiger partial charge >= 0.3 is 0 Å². The van der Waals surface area contributed by atoms with Crippen molar-refractivity contribution >= 4 is 23.2 Å². The van der Waals surface area contributed by atoms with Crippen LogP contribution < -0.4 is 5.73 Å². The number of nitrogens with zero attached hydrogens (tertiary/aromatic N) is 3. The molecule has 0 fully saturated rings. The van der Waals surface area contributed by atoms with Crippen molar-refractivity contribution < 1.29 is 13.6 Å². The molecule has 1 atom stereocenters. The van der Waals surface area contributed by atoms with Gasteiger partial charge in [0.1, 0.15) is 17.7 Å². The van der Waals surface area contributed by atoms with Gasteiger partial charge in [-0.2, -0.15) is 5.26 Å². The van der Waals surface area contributed by atoms with E-state index >= 15 is 0 Å². The first-order valence-electron chi connectivity index (χ1n) is 6.99. The van der Waals surface area contributed by atoms with E-state index < -0.39 is 17.7 Å². The fraction of sp³-hybridized carbons (Fsp3) is 0.188. The Hall–Kier alpha value is -2.79. The van der Waals surface area contributed by atoms with E-state index in [1.165, 1.54) is 24.1 Å². The molecular formula is C16H12F2N4OS. The number of amides is 1. The van der Waals surface area contributed by atoms with Crippen LogP contribution in [0.5, 0.6) is 0 Å². The van der Waals surface area contributed by atoms with E-state index in [4.69, 9.17) is 11.0 Å². The number of benzene rings is 1. The van der Waals surface area contributed by atoms with Gasteiger partial charge in [0.05, 0.1) is 22.9 Å². The predicted molar refractivity (Wildman–Crippen MR) is 86.1 cm³/mol. The van der Waals surface area contributed by atoms with E-state index in [1.807, 2.05) is 0 Å². The minimum absolute atomic E-state index is 0.0287. The van der Waals surface area contributed by atoms with Crippen molar-refractivity contribution in [1.29, 1.82) is 5.26 Å². The third kappa shape index (κ3) is 2.63. The lowest BCUT2D eigenvalue weighted by Gasteiger charge is -2.24. The molecule has 0 aliphatic carbocycles. The van der Waals surface area contributed by atoms with Crippen LogP contribution in [0.25, 0.3) is 11.1 Å². The van der Waals surface area contributed by atoms with Crippen LogP contribution in [-0.2, 0) is 4.79 Å². The number of carbonyl (C=O) groups is 1. The molecular weight excluding hydrogens is 334 g/mol. The van der Waals surface area contributed by atoms with Gasteiger partial charge in [-0.3, -0.25) is 9.69 Å². The largest absolute Gasteiger partial charge is 0.369 e. The summed E-state index contributed by atoms with van der Waals surface area (Å²) in [4.78, 5) is 17.5. The molecule has 3 rings (SSSR count). The van der Waals surface area contributed by atoms with Crippen molar-refractivity contribution in [2.45, 2.75) is 12.5 Å². The second kappa shape index (κ2) is 6.02. The zero-order valence-corrected chi connectivity index (χ0v) is 13.4. The van der Waals surface area contributed by atoms with Crippen LogP contribution in [0.3, 0.4) is 0 Å². The molecule has 2 heterocycles. The van der Waals surface area contributed by atoms with Crippen molar-refractivity contribution in [2.75, 3.05) is 7.05 Å². The molecule has 122 valence electrons. The number of thiophene rings is 1. The van der Waals surface area contributed by atoms with Crippen LogP contribution in [-0.4, -0.2) is 23.8 Å². The molecule has 0 saturated heterocycles. The number of guanidine groups is 1. The molecule has 0 spiro atoms. The monoisotopic (exact) mass is 346 g/mol. The molecule has 1 aliphatic heterocycles. The summed E-state index contributed by atoms with van der Waals surface area (Å²) < 4.78 is 28.2. The van der Waals surface area contributed by atoms with Crippen LogP contribution >= 0.6 is 11.3 Å². The minimum atomic E-state index is -0.677. The molecule has 8 heteroatoms. The number of hydrogen-bond acceptors (Lipinski definition) is 5. The summed E-state index contributed by atoms with van der Waals surface area (Å²) in [6, 6.07) is 4.87. The van der Waals surface area contributed by atoms with Crippen LogP contribution in [0.2, 0.25) is 0 Å². The lowest BCUT2D eigenvalue weighted by atomic mass is 10.0. The molecule has 0 saturated carbocycles. The van der Waals surface area contributed by atoms with E-state index in [2.05, 4.69) is 4.99 Å². The van der Waals surface area contributed by atoms with E-state index in [0.29, 0.717) is 5.56 Å². The van der Waals surface area contributed by atoms with Crippen molar-refractivity contribution in [1.82, 2.24) is 4.90 Å². The Morgan fingerprint density at radius 2 is 2.21 bits per heavy atom. The fourth-order valence-electron chi connectivity index (χ4n) is 2.43. The second-order valence-electron chi connectivity index (χ2n) is 5.29. The van der Waals surface area contributed by atoms with Gasteiger partial charge in [0.2, 0.25) is 5.91 Å². The van der Waals surface area contributed by atoms with Gasteiger partial charge in [0, 0.05) is 18.0 Å². The molecule has 5 nitrogen and oxygen atoms in total. The number of halogens is 2. The summed E-state index contributed by atoms with van der Waals surface area (Å²) in [7, 11) is 1.51. The Kier molecular flexibility index (Phi) is 4.03. The first kappa shape index (κ1) is 16.1. The highest BCUT2D eigenvalue weighted by Gasteiger charge is 2.29. The van der Waals surface area contributed by atoms with Crippen LogP contribution in [0.15, 0.2) is 28.6 Å². The van der Waals surface area contributed by atoms with Gasteiger partial charge in [0.15, 0.2) is 5.96 Å². The van der Waals surface area contributed by atoms with Crippen molar-refractivity contribution in [2.24, 2.45) is 10.7 Å². The molecule has 1 unspecified atom stereocenters. The lowest BCUT2D eigenvalue weighted by molar-refractivity contribution is -0.127. The third-order valence-corrected chi connectivity index (χ3v) is 4.89. The second-order valence-corrected chi connectivity index (χ2v) is 6.21. The maximum Gasteiger partial charge on any atom is 0.231 e. The molecule has 2 aromatic rings. The molecule has 1 aromatic heterocycles. The summed E-state index contributed by atoms with van der Waals surface area (Å²) in [5, 5.41) is 10.5. The highest BCUT2D eigenvalue weighted by Crippen LogP contribution is 2.38. The Balaban J connectivity index is 2.01. The molecule has 0 radical (unpaired) electrons. The summed E-state index contributed by atoms with van der Waals surface area (Å²) in [6.07, 6.45) is 0.0287. The Labute approximate surface area is 140 Å².